The zero-order valence-corrected chi connectivity index (χ0v) is 14.8. The largest absolute Gasteiger partial charge is 0.349 e. The van der Waals surface area contributed by atoms with Crippen molar-refractivity contribution in [3.8, 4) is 0 Å². The number of rotatable bonds is 6. The number of likely N-dealkylation sites (tertiary alicyclic amines) is 1. The highest BCUT2D eigenvalue weighted by Gasteiger charge is 2.23. The summed E-state index contributed by atoms with van der Waals surface area (Å²) in [5.74, 6) is 0.879. The number of likely N-dealkylation sites (N-methyl/N-ethyl adjacent to an activating group) is 2. The van der Waals surface area contributed by atoms with Crippen LogP contribution in [-0.2, 0) is 11.3 Å². The number of hydrogen-bond acceptors (Lipinski definition) is 4. The Morgan fingerprint density at radius 3 is 3.04 bits per heavy atom. The number of aromatic nitrogens is 2. The van der Waals surface area contributed by atoms with Crippen molar-refractivity contribution in [1.29, 1.82) is 0 Å². The fourth-order valence-electron chi connectivity index (χ4n) is 3.31. The van der Waals surface area contributed by atoms with Crippen LogP contribution in [0.5, 0.6) is 0 Å². The van der Waals surface area contributed by atoms with Gasteiger partial charge in [0.1, 0.15) is 5.82 Å². The maximum Gasteiger partial charge on any atom is 0.221 e. The summed E-state index contributed by atoms with van der Waals surface area (Å²) in [6.07, 6.45) is 1.71. The number of hydrogen-bond donors (Lipinski definition) is 2. The van der Waals surface area contributed by atoms with Crippen LogP contribution >= 0.6 is 0 Å². The van der Waals surface area contributed by atoms with Crippen LogP contribution < -0.4 is 5.32 Å². The van der Waals surface area contributed by atoms with Gasteiger partial charge in [0.05, 0.1) is 17.6 Å². The summed E-state index contributed by atoms with van der Waals surface area (Å²) >= 11 is 0. The minimum Gasteiger partial charge on any atom is -0.349 e. The molecule has 0 spiro atoms. The monoisotopic (exact) mass is 329 g/mol. The number of nitrogens with one attached hydrogen (secondary N) is 2. The Hall–Kier alpha value is -1.92. The van der Waals surface area contributed by atoms with Gasteiger partial charge in [0, 0.05) is 25.6 Å². The molecule has 6 heteroatoms. The third-order valence-corrected chi connectivity index (χ3v) is 4.90. The number of para-hydroxylation sites is 1. The van der Waals surface area contributed by atoms with Gasteiger partial charge >= 0.3 is 0 Å². The van der Waals surface area contributed by atoms with Gasteiger partial charge in [-0.25, -0.2) is 4.98 Å². The number of benzene rings is 1. The molecule has 6 nitrogen and oxygen atoms in total. The molecule has 2 aromatic rings. The van der Waals surface area contributed by atoms with E-state index < -0.39 is 0 Å². The fourth-order valence-corrected chi connectivity index (χ4v) is 3.31. The first-order valence-corrected chi connectivity index (χ1v) is 8.62. The second-order valence-electron chi connectivity index (χ2n) is 6.87. The minimum absolute atomic E-state index is 0.0744. The summed E-state index contributed by atoms with van der Waals surface area (Å²) in [6.45, 7) is 5.53. The standard InChI is InChI=1S/C18H27N5O/c1-13-5-4-6-15-18(13)21-16(20-15)11-19-17(24)8-10-23(3)14-7-9-22(2)12-14/h4-6,14H,7-12H2,1-3H3,(H,19,24)(H,20,21)/t14-/m0/s1. The van der Waals surface area contributed by atoms with Gasteiger partial charge in [0.2, 0.25) is 5.91 Å². The third kappa shape index (κ3) is 3.94. The van der Waals surface area contributed by atoms with Crippen molar-refractivity contribution in [2.75, 3.05) is 33.7 Å². The molecule has 0 saturated carbocycles. The molecule has 1 aromatic carbocycles. The molecule has 0 radical (unpaired) electrons. The van der Waals surface area contributed by atoms with Crippen LogP contribution in [0.3, 0.4) is 0 Å². The number of carbonyl (C=O) groups is 1. The quantitative estimate of drug-likeness (QED) is 0.843. The van der Waals surface area contributed by atoms with E-state index in [1.54, 1.807) is 0 Å². The Bertz CT molecular complexity index is 710. The number of aryl methyl sites for hydroxylation is 1. The van der Waals surface area contributed by atoms with Crippen molar-refractivity contribution in [3.63, 3.8) is 0 Å². The third-order valence-electron chi connectivity index (χ3n) is 4.90. The maximum atomic E-state index is 12.1. The van der Waals surface area contributed by atoms with E-state index >= 15 is 0 Å². The van der Waals surface area contributed by atoms with E-state index in [2.05, 4.69) is 39.2 Å². The molecule has 0 aliphatic carbocycles. The van der Waals surface area contributed by atoms with Crippen LogP contribution in [0.25, 0.3) is 11.0 Å². The Morgan fingerprint density at radius 1 is 1.50 bits per heavy atom. The Labute approximate surface area is 143 Å². The minimum atomic E-state index is 0.0744. The van der Waals surface area contributed by atoms with E-state index in [1.807, 2.05) is 25.1 Å². The first-order valence-electron chi connectivity index (χ1n) is 8.62. The molecular weight excluding hydrogens is 302 g/mol. The van der Waals surface area contributed by atoms with Crippen molar-refractivity contribution < 1.29 is 4.79 Å². The molecule has 24 heavy (non-hydrogen) atoms. The van der Waals surface area contributed by atoms with Gasteiger partial charge in [-0.2, -0.15) is 0 Å². The number of aromatic amines is 1. The van der Waals surface area contributed by atoms with Gasteiger partial charge in [0.25, 0.3) is 0 Å². The SMILES string of the molecule is Cc1cccc2[nH]c(CNC(=O)CCN(C)[C@H]3CCN(C)C3)nc12. The van der Waals surface area contributed by atoms with E-state index in [0.29, 0.717) is 19.0 Å². The number of fused-ring (bicyclic) bond motifs is 1. The summed E-state index contributed by atoms with van der Waals surface area (Å²) in [5.41, 5.74) is 3.14. The summed E-state index contributed by atoms with van der Waals surface area (Å²) in [6, 6.07) is 6.63. The number of imidazole rings is 1. The van der Waals surface area contributed by atoms with Crippen LogP contribution in [0.15, 0.2) is 18.2 Å². The van der Waals surface area contributed by atoms with Gasteiger partial charge in [0.15, 0.2) is 0 Å². The molecule has 1 aliphatic rings. The Kier molecular flexibility index (Phi) is 5.16. The molecule has 0 unspecified atom stereocenters. The predicted octanol–water partition coefficient (Wildman–Crippen LogP) is 1.51. The van der Waals surface area contributed by atoms with Crippen molar-refractivity contribution in [3.05, 3.63) is 29.6 Å². The highest BCUT2D eigenvalue weighted by Crippen LogP contribution is 2.15. The molecule has 1 fully saturated rings. The highest BCUT2D eigenvalue weighted by molar-refractivity contribution is 5.79. The van der Waals surface area contributed by atoms with Crippen LogP contribution in [0.1, 0.15) is 24.2 Å². The van der Waals surface area contributed by atoms with Crippen molar-refractivity contribution in [2.45, 2.75) is 32.4 Å². The van der Waals surface area contributed by atoms with Crippen molar-refractivity contribution >= 4 is 16.9 Å². The molecule has 2 N–H and O–H groups in total. The van der Waals surface area contributed by atoms with E-state index in [4.69, 9.17) is 0 Å². The Morgan fingerprint density at radius 2 is 2.33 bits per heavy atom. The number of H-pyrrole nitrogens is 1. The summed E-state index contributed by atoms with van der Waals surface area (Å²) < 4.78 is 0. The average molecular weight is 329 g/mol. The molecule has 1 amide bonds. The lowest BCUT2D eigenvalue weighted by atomic mass is 10.2. The smallest absolute Gasteiger partial charge is 0.221 e. The van der Waals surface area contributed by atoms with Gasteiger partial charge in [-0.1, -0.05) is 12.1 Å². The molecule has 0 bridgehead atoms. The lowest BCUT2D eigenvalue weighted by Crippen LogP contribution is -2.36. The van der Waals surface area contributed by atoms with E-state index in [-0.39, 0.29) is 5.91 Å². The predicted molar refractivity (Wildman–Crippen MR) is 95.8 cm³/mol. The normalized spacial score (nSPS) is 18.6. The van der Waals surface area contributed by atoms with E-state index in [0.717, 1.165) is 42.1 Å². The van der Waals surface area contributed by atoms with E-state index in [1.165, 1.54) is 6.42 Å². The van der Waals surface area contributed by atoms with Gasteiger partial charge < -0.3 is 20.1 Å². The molecule has 1 aliphatic heterocycles. The first kappa shape index (κ1) is 16.9. The van der Waals surface area contributed by atoms with E-state index in [9.17, 15) is 4.79 Å². The van der Waals surface area contributed by atoms with Gasteiger partial charge in [-0.05, 0) is 45.6 Å². The van der Waals surface area contributed by atoms with Crippen LogP contribution in [-0.4, -0.2) is 65.4 Å². The second kappa shape index (κ2) is 7.32. The molecule has 2 heterocycles. The average Bonchev–Trinajstić information content (AvgIpc) is 3.17. The first-order chi connectivity index (χ1) is 11.5. The highest BCUT2D eigenvalue weighted by atomic mass is 16.1. The topological polar surface area (TPSA) is 64.3 Å². The summed E-state index contributed by atoms with van der Waals surface area (Å²) in [7, 11) is 4.26. The maximum absolute atomic E-state index is 12.1. The fraction of sp³-hybridized carbons (Fsp3) is 0.556. The lowest BCUT2D eigenvalue weighted by molar-refractivity contribution is -0.121. The van der Waals surface area contributed by atoms with Gasteiger partial charge in [-0.15, -0.1) is 0 Å². The van der Waals surface area contributed by atoms with Crippen molar-refractivity contribution in [2.24, 2.45) is 0 Å². The molecule has 1 atom stereocenters. The summed E-state index contributed by atoms with van der Waals surface area (Å²) in [4.78, 5) is 24.6. The second-order valence-corrected chi connectivity index (χ2v) is 6.87. The molecule has 130 valence electrons. The van der Waals surface area contributed by atoms with Crippen LogP contribution in [0.4, 0.5) is 0 Å². The Balaban J connectivity index is 1.45. The number of carbonyl (C=O) groups excluding carboxylic acids is 1. The molecule has 1 aromatic heterocycles. The van der Waals surface area contributed by atoms with Crippen molar-refractivity contribution in [1.82, 2.24) is 25.1 Å². The molecule has 3 rings (SSSR count). The number of nitrogens with zero attached hydrogens (tertiary/aromatic N) is 3. The molecular formula is C18H27N5O. The van der Waals surface area contributed by atoms with Gasteiger partial charge in [-0.3, -0.25) is 4.79 Å². The zero-order chi connectivity index (χ0) is 17.1. The summed E-state index contributed by atoms with van der Waals surface area (Å²) in [5, 5.41) is 2.96. The van der Waals surface area contributed by atoms with Crippen LogP contribution in [0.2, 0.25) is 0 Å². The number of amides is 1. The molecule has 1 saturated heterocycles. The zero-order valence-electron chi connectivity index (χ0n) is 14.8. The lowest BCUT2D eigenvalue weighted by Gasteiger charge is -2.23. The van der Waals surface area contributed by atoms with Crippen LogP contribution in [0, 0.1) is 6.92 Å².